The summed E-state index contributed by atoms with van der Waals surface area (Å²) in [6, 6.07) is 16.3. The van der Waals surface area contributed by atoms with Crippen molar-refractivity contribution in [2.45, 2.75) is 95.2 Å². The first-order chi connectivity index (χ1) is 21.5. The molecule has 0 radical (unpaired) electrons. The normalized spacial score (nSPS) is 32.0. The fourth-order valence-corrected chi connectivity index (χ4v) is 7.00. The van der Waals surface area contributed by atoms with E-state index in [2.05, 4.69) is 22.9 Å². The van der Waals surface area contributed by atoms with Crippen molar-refractivity contribution in [3.8, 4) is 0 Å². The van der Waals surface area contributed by atoms with Gasteiger partial charge in [0.2, 0.25) is 0 Å². The second kappa shape index (κ2) is 16.0. The molecule has 9 nitrogen and oxygen atoms in total. The zero-order valence-electron chi connectivity index (χ0n) is 27.2. The molecule has 0 spiro atoms. The SMILES string of the molecule is CO[C@H]1CCCC[C@@H](c2ccccc2)OC(=O)[C@@H](C)[C@H]2O[C@@H]([C@@H](C)/C=C/[C@H]1OC)[C@@H](C)C/C2=N\NS(=O)(=O)c1ccc(C)cc1. The van der Waals surface area contributed by atoms with E-state index in [0.717, 1.165) is 30.4 Å². The van der Waals surface area contributed by atoms with Crippen LogP contribution in [0.1, 0.15) is 70.1 Å². The van der Waals surface area contributed by atoms with Gasteiger partial charge < -0.3 is 18.9 Å². The lowest BCUT2D eigenvalue weighted by Crippen LogP contribution is -2.49. The van der Waals surface area contributed by atoms with Crippen LogP contribution in [0.4, 0.5) is 0 Å². The van der Waals surface area contributed by atoms with E-state index in [-0.39, 0.29) is 35.0 Å². The quantitative estimate of drug-likeness (QED) is 0.229. The lowest BCUT2D eigenvalue weighted by atomic mass is 9.82. The molecular weight excluding hydrogens is 592 g/mol. The van der Waals surface area contributed by atoms with Crippen molar-refractivity contribution in [1.82, 2.24) is 4.83 Å². The number of rotatable bonds is 6. The van der Waals surface area contributed by atoms with Gasteiger partial charge in [-0.15, -0.1) is 0 Å². The molecule has 0 saturated carbocycles. The molecule has 2 aliphatic heterocycles. The monoisotopic (exact) mass is 640 g/mol. The van der Waals surface area contributed by atoms with E-state index in [1.54, 1.807) is 45.4 Å². The van der Waals surface area contributed by atoms with E-state index >= 15 is 0 Å². The summed E-state index contributed by atoms with van der Waals surface area (Å²) in [5, 5.41) is 4.38. The van der Waals surface area contributed by atoms with Crippen LogP contribution in [0.5, 0.6) is 0 Å². The average molecular weight is 641 g/mol. The summed E-state index contributed by atoms with van der Waals surface area (Å²) in [5.41, 5.74) is 2.33. The highest BCUT2D eigenvalue weighted by Crippen LogP contribution is 2.34. The third-order valence-corrected chi connectivity index (χ3v) is 10.1. The van der Waals surface area contributed by atoms with E-state index < -0.39 is 34.1 Å². The highest BCUT2D eigenvalue weighted by atomic mass is 32.2. The first-order valence-corrected chi connectivity index (χ1v) is 17.3. The molecule has 246 valence electrons. The Kier molecular flexibility index (Phi) is 12.4. The molecule has 2 bridgehead atoms. The van der Waals surface area contributed by atoms with Crippen molar-refractivity contribution in [2.75, 3.05) is 14.2 Å². The van der Waals surface area contributed by atoms with Gasteiger partial charge in [-0.25, -0.2) is 4.83 Å². The lowest BCUT2D eigenvalue weighted by Gasteiger charge is -2.40. The molecule has 0 amide bonds. The van der Waals surface area contributed by atoms with Crippen molar-refractivity contribution in [1.29, 1.82) is 0 Å². The van der Waals surface area contributed by atoms with Crippen LogP contribution < -0.4 is 4.83 Å². The topological polar surface area (TPSA) is 113 Å². The molecule has 0 unspecified atom stereocenters. The number of nitrogens with one attached hydrogen (secondary N) is 1. The van der Waals surface area contributed by atoms with Crippen LogP contribution in [0.15, 0.2) is 76.7 Å². The fourth-order valence-electron chi connectivity index (χ4n) is 6.16. The van der Waals surface area contributed by atoms with E-state index in [4.69, 9.17) is 18.9 Å². The van der Waals surface area contributed by atoms with E-state index in [0.29, 0.717) is 18.6 Å². The molecular formula is C35H48N2O7S. The minimum atomic E-state index is -3.93. The van der Waals surface area contributed by atoms with Crippen LogP contribution in [-0.4, -0.2) is 58.7 Å². The van der Waals surface area contributed by atoms with Gasteiger partial charge in [-0.1, -0.05) is 80.4 Å². The molecule has 0 aliphatic carbocycles. The molecule has 8 atom stereocenters. The van der Waals surface area contributed by atoms with E-state index in [1.165, 1.54) is 0 Å². The van der Waals surface area contributed by atoms with E-state index in [1.807, 2.05) is 50.3 Å². The Morgan fingerprint density at radius 1 is 0.911 bits per heavy atom. The molecule has 45 heavy (non-hydrogen) atoms. The molecule has 2 aromatic rings. The largest absolute Gasteiger partial charge is 0.457 e. The minimum absolute atomic E-state index is 0.0121. The summed E-state index contributed by atoms with van der Waals surface area (Å²) in [7, 11) is -0.538. The summed E-state index contributed by atoms with van der Waals surface area (Å²) in [4.78, 5) is 16.3. The molecule has 2 aromatic carbocycles. The van der Waals surface area contributed by atoms with Gasteiger partial charge in [-0.3, -0.25) is 4.79 Å². The van der Waals surface area contributed by atoms with Crippen LogP contribution >= 0.6 is 0 Å². The number of cyclic esters (lactones) is 1. The summed E-state index contributed by atoms with van der Waals surface area (Å²) in [5.74, 6) is -1.19. The van der Waals surface area contributed by atoms with Gasteiger partial charge >= 0.3 is 5.97 Å². The Bertz CT molecular complexity index is 1410. The summed E-state index contributed by atoms with van der Waals surface area (Å²) >= 11 is 0. The number of methoxy groups -OCH3 is 2. The summed E-state index contributed by atoms with van der Waals surface area (Å²) in [6.45, 7) is 7.78. The second-order valence-corrected chi connectivity index (χ2v) is 14.0. The van der Waals surface area contributed by atoms with Gasteiger partial charge in [-0.05, 0) is 63.1 Å². The smallest absolute Gasteiger partial charge is 0.312 e. The number of benzene rings is 2. The lowest BCUT2D eigenvalue weighted by molar-refractivity contribution is -0.161. The number of fused-ring (bicyclic) bond motifs is 2. The predicted octanol–water partition coefficient (Wildman–Crippen LogP) is 6.14. The first-order valence-electron chi connectivity index (χ1n) is 15.8. The van der Waals surface area contributed by atoms with Crippen LogP contribution in [0.2, 0.25) is 0 Å². The van der Waals surface area contributed by atoms with Gasteiger partial charge in [-0.2, -0.15) is 13.5 Å². The number of carbonyl (C=O) groups excluding carboxylic acids is 1. The number of aryl methyl sites for hydroxylation is 1. The van der Waals surface area contributed by atoms with Crippen molar-refractivity contribution < 1.29 is 32.2 Å². The maximum atomic E-state index is 13.8. The van der Waals surface area contributed by atoms with E-state index in [9.17, 15) is 13.2 Å². The van der Waals surface area contributed by atoms with Crippen LogP contribution in [-0.2, 0) is 33.8 Å². The van der Waals surface area contributed by atoms with Gasteiger partial charge in [0.25, 0.3) is 10.0 Å². The Labute approximate surface area is 268 Å². The minimum Gasteiger partial charge on any atom is -0.457 e. The fraction of sp³-hybridized carbons (Fsp3) is 0.543. The number of carbonyl (C=O) groups is 1. The molecule has 0 aromatic heterocycles. The first kappa shape index (κ1) is 34.8. The second-order valence-electron chi connectivity index (χ2n) is 12.3. The molecule has 1 saturated heterocycles. The Balaban J connectivity index is 1.68. The van der Waals surface area contributed by atoms with Gasteiger partial charge in [0.05, 0.1) is 28.7 Å². The Morgan fingerprint density at radius 3 is 2.27 bits per heavy atom. The molecule has 2 aliphatic rings. The zero-order valence-corrected chi connectivity index (χ0v) is 28.0. The Morgan fingerprint density at radius 2 is 1.60 bits per heavy atom. The molecule has 1 fully saturated rings. The predicted molar refractivity (Wildman–Crippen MR) is 174 cm³/mol. The number of hydrazone groups is 1. The zero-order chi connectivity index (χ0) is 32.6. The van der Waals surface area contributed by atoms with Crippen molar-refractivity contribution in [3.63, 3.8) is 0 Å². The molecule has 1 N–H and O–H groups in total. The van der Waals surface area contributed by atoms with Gasteiger partial charge in [0.1, 0.15) is 18.3 Å². The number of sulfonamides is 1. The molecule has 4 rings (SSSR count). The highest BCUT2D eigenvalue weighted by Gasteiger charge is 2.42. The number of hydrogen-bond acceptors (Lipinski definition) is 8. The molecule has 2 heterocycles. The van der Waals surface area contributed by atoms with Crippen LogP contribution in [0.3, 0.4) is 0 Å². The highest BCUT2D eigenvalue weighted by molar-refractivity contribution is 7.89. The summed E-state index contributed by atoms with van der Waals surface area (Å²) < 4.78 is 50.7. The standard InChI is InChI=1S/C35H48N2O7S/c1-23-16-19-28(20-17-23)45(39,40)37-36-29-22-25(3)33-24(2)18-21-32(42-6)31(41-5)15-11-10-14-30(27-12-8-7-9-13-27)43-35(38)26(4)34(29)44-33/h7-9,12-13,16-21,24-26,30-34,37H,10-11,14-15,22H2,1-6H3/b21-18+,36-29+/t24-,25-,26-,30-,31-,32+,33-,34+/m0/s1. The third-order valence-electron chi connectivity index (χ3n) is 8.89. The number of nitrogens with zero attached hydrogens (tertiary/aromatic N) is 1. The van der Waals surface area contributed by atoms with Crippen molar-refractivity contribution in [2.24, 2.45) is 22.9 Å². The van der Waals surface area contributed by atoms with Crippen molar-refractivity contribution in [3.05, 3.63) is 77.9 Å². The van der Waals surface area contributed by atoms with Crippen LogP contribution in [0, 0.1) is 24.7 Å². The van der Waals surface area contributed by atoms with Crippen molar-refractivity contribution >= 4 is 21.7 Å². The maximum absolute atomic E-state index is 13.8. The number of hydrogen-bond donors (Lipinski definition) is 1. The van der Waals surface area contributed by atoms with Crippen LogP contribution in [0.25, 0.3) is 0 Å². The average Bonchev–Trinajstić information content (AvgIpc) is 3.04. The number of ether oxygens (including phenoxy) is 4. The van der Waals surface area contributed by atoms with Gasteiger partial charge in [0, 0.05) is 20.1 Å². The molecule has 10 heteroatoms. The number of esters is 1. The summed E-state index contributed by atoms with van der Waals surface area (Å²) in [6.07, 6.45) is 5.88. The third kappa shape index (κ3) is 9.03. The van der Waals surface area contributed by atoms with Gasteiger partial charge in [0.15, 0.2) is 0 Å². The Hall–Kier alpha value is -3.05. The maximum Gasteiger partial charge on any atom is 0.312 e.